The third-order valence-electron chi connectivity index (χ3n) is 7.29. The molecular weight excluding hydrogens is 814 g/mol. The summed E-state index contributed by atoms with van der Waals surface area (Å²) in [5, 5.41) is 24.8. The Labute approximate surface area is 358 Å². The van der Waals surface area contributed by atoms with Gasteiger partial charge in [-0.1, -0.05) is 0 Å². The number of hydrogen-bond acceptors (Lipinski definition) is 20. The molecule has 1 aromatic carbocycles. The van der Waals surface area contributed by atoms with Gasteiger partial charge in [0.25, 0.3) is 11.4 Å². The maximum absolute atomic E-state index is 11.6. The second-order valence-electron chi connectivity index (χ2n) is 13.4. The van der Waals surface area contributed by atoms with E-state index in [9.17, 15) is 25.0 Å². The van der Waals surface area contributed by atoms with E-state index in [-0.39, 0.29) is 42.6 Å². The van der Waals surface area contributed by atoms with Gasteiger partial charge in [0.15, 0.2) is 0 Å². The molecule has 0 saturated carbocycles. The summed E-state index contributed by atoms with van der Waals surface area (Å²) in [6.07, 6.45) is 0.220. The molecule has 0 unspecified atom stereocenters. The first kappa shape index (κ1) is 55.8. The van der Waals surface area contributed by atoms with Crippen molar-refractivity contribution in [2.24, 2.45) is 0 Å². The summed E-state index contributed by atoms with van der Waals surface area (Å²) in [6.45, 7) is 16.9. The van der Waals surface area contributed by atoms with Crippen LogP contribution in [0.2, 0.25) is 0 Å². The molecule has 1 aromatic rings. The van der Waals surface area contributed by atoms with Gasteiger partial charge in [-0.15, -0.1) is 0 Å². The molecular formula is C39H69N3O19. The fourth-order valence-corrected chi connectivity index (χ4v) is 4.48. The molecule has 0 atom stereocenters. The van der Waals surface area contributed by atoms with Gasteiger partial charge in [0.05, 0.1) is 194 Å². The molecule has 0 fully saturated rings. The van der Waals surface area contributed by atoms with Crippen molar-refractivity contribution in [2.45, 2.75) is 32.8 Å². The lowest BCUT2D eigenvalue weighted by atomic mass is 10.2. The number of nitro benzene ring substituents is 2. The van der Waals surface area contributed by atoms with Crippen molar-refractivity contribution in [2.75, 3.05) is 184 Å². The predicted molar refractivity (Wildman–Crippen MR) is 219 cm³/mol. The third-order valence-corrected chi connectivity index (χ3v) is 7.29. The number of benzene rings is 1. The number of non-ortho nitro benzene ring substituents is 1. The maximum atomic E-state index is 11.6. The van der Waals surface area contributed by atoms with Gasteiger partial charge in [-0.2, -0.15) is 0 Å². The molecule has 1 N–H and O–H groups in total. The zero-order valence-corrected chi connectivity index (χ0v) is 36.2. The van der Waals surface area contributed by atoms with Crippen molar-refractivity contribution in [3.63, 3.8) is 0 Å². The van der Waals surface area contributed by atoms with E-state index in [1.54, 1.807) is 0 Å². The molecule has 0 aromatic heterocycles. The van der Waals surface area contributed by atoms with Gasteiger partial charge in [0.1, 0.15) is 11.3 Å². The smallest absolute Gasteiger partial charge is 0.308 e. The lowest BCUT2D eigenvalue weighted by Gasteiger charge is -2.19. The minimum atomic E-state index is -0.684. The number of nitrogens with zero attached hydrogens (tertiary/aromatic N) is 2. The summed E-state index contributed by atoms with van der Waals surface area (Å²) >= 11 is 0. The standard InChI is InChI=1S/C39H69N3O19/c1-39(2,3)61-38(43)6-8-48-10-12-50-14-16-52-18-20-54-22-24-56-26-28-58-30-32-60-33-31-59-29-27-57-25-23-55-21-19-53-17-15-51-13-11-49-9-7-40-36-5-4-35(41(44)45)34-37(36)42(46)47/h4-5,34,40H,6-33H2,1-3H3. The number of rotatable bonds is 45. The van der Waals surface area contributed by atoms with Crippen LogP contribution in [0.1, 0.15) is 27.2 Å². The monoisotopic (exact) mass is 883 g/mol. The van der Waals surface area contributed by atoms with Crippen LogP contribution in [0.3, 0.4) is 0 Å². The lowest BCUT2D eigenvalue weighted by Crippen LogP contribution is -2.24. The van der Waals surface area contributed by atoms with Gasteiger partial charge in [-0.25, -0.2) is 0 Å². The Hall–Kier alpha value is -3.23. The van der Waals surface area contributed by atoms with Crippen molar-refractivity contribution in [3.05, 3.63) is 38.4 Å². The topological polar surface area (TPSA) is 245 Å². The highest BCUT2D eigenvalue weighted by Gasteiger charge is 2.19. The van der Waals surface area contributed by atoms with E-state index in [2.05, 4.69) is 5.32 Å². The first-order valence-electron chi connectivity index (χ1n) is 20.5. The number of nitrogens with one attached hydrogen (secondary N) is 1. The van der Waals surface area contributed by atoms with E-state index >= 15 is 0 Å². The van der Waals surface area contributed by atoms with Crippen LogP contribution in [0.4, 0.5) is 17.1 Å². The van der Waals surface area contributed by atoms with Gasteiger partial charge in [0, 0.05) is 12.6 Å². The second-order valence-corrected chi connectivity index (χ2v) is 13.4. The number of carbonyl (C=O) groups excluding carboxylic acids is 1. The molecule has 0 radical (unpaired) electrons. The molecule has 0 bridgehead atoms. The molecule has 0 amide bonds. The van der Waals surface area contributed by atoms with Crippen molar-refractivity contribution in [3.8, 4) is 0 Å². The summed E-state index contributed by atoms with van der Waals surface area (Å²) in [5.41, 5.74) is -1.03. The van der Waals surface area contributed by atoms with E-state index in [0.29, 0.717) is 165 Å². The average Bonchev–Trinajstić information content (AvgIpc) is 3.22. The van der Waals surface area contributed by atoms with Crippen molar-refractivity contribution >= 4 is 23.0 Å². The molecule has 0 spiro atoms. The zero-order chi connectivity index (χ0) is 44.5. The Morgan fingerprint density at radius 3 is 1.05 bits per heavy atom. The molecule has 22 nitrogen and oxygen atoms in total. The van der Waals surface area contributed by atoms with Crippen molar-refractivity contribution in [1.82, 2.24) is 0 Å². The zero-order valence-electron chi connectivity index (χ0n) is 36.2. The number of carbonyl (C=O) groups is 1. The molecule has 22 heteroatoms. The fraction of sp³-hybridized carbons (Fsp3) is 0.821. The van der Waals surface area contributed by atoms with Crippen LogP contribution in [0.15, 0.2) is 18.2 Å². The minimum Gasteiger partial charge on any atom is -0.460 e. The number of hydrogen-bond donors (Lipinski definition) is 1. The van der Waals surface area contributed by atoms with Crippen molar-refractivity contribution < 1.29 is 81.0 Å². The Morgan fingerprint density at radius 2 is 0.770 bits per heavy atom. The summed E-state index contributed by atoms with van der Waals surface area (Å²) in [5.74, 6) is -0.276. The Bertz CT molecular complexity index is 1230. The van der Waals surface area contributed by atoms with E-state index < -0.39 is 15.4 Å². The summed E-state index contributed by atoms with van der Waals surface area (Å²) < 4.78 is 76.1. The summed E-state index contributed by atoms with van der Waals surface area (Å²) in [6, 6.07) is 3.42. The normalized spacial score (nSPS) is 11.6. The molecule has 0 aliphatic heterocycles. The Balaban J connectivity index is 1.68. The second kappa shape index (κ2) is 39.6. The van der Waals surface area contributed by atoms with Crippen LogP contribution in [0.5, 0.6) is 0 Å². The molecule has 0 heterocycles. The van der Waals surface area contributed by atoms with Crippen LogP contribution < -0.4 is 5.32 Å². The highest BCUT2D eigenvalue weighted by Crippen LogP contribution is 2.28. The molecule has 61 heavy (non-hydrogen) atoms. The minimum absolute atomic E-state index is 0.181. The first-order valence-corrected chi connectivity index (χ1v) is 20.5. The van der Waals surface area contributed by atoms with Crippen LogP contribution in [0, 0.1) is 20.2 Å². The number of anilines is 1. The summed E-state index contributed by atoms with van der Waals surface area (Å²) in [7, 11) is 0. The quantitative estimate of drug-likeness (QED) is 0.0428. The van der Waals surface area contributed by atoms with E-state index in [1.165, 1.54) is 12.1 Å². The third kappa shape index (κ3) is 37.1. The van der Waals surface area contributed by atoms with Gasteiger partial charge in [0.2, 0.25) is 0 Å². The van der Waals surface area contributed by atoms with Gasteiger partial charge in [-0.05, 0) is 26.8 Å². The maximum Gasteiger partial charge on any atom is 0.308 e. The number of nitro groups is 2. The summed E-state index contributed by atoms with van der Waals surface area (Å²) in [4.78, 5) is 32.2. The Kier molecular flexibility index (Phi) is 36.2. The SMILES string of the molecule is CC(C)(C)OC(=O)CCOCCOCCOCCOCCOCCOCCOCCOCCOCCOCCOCCOCCOCCNc1ccc([N+](=O)[O-])cc1[N+](=O)[O-]. The Morgan fingerprint density at radius 1 is 0.475 bits per heavy atom. The highest BCUT2D eigenvalue weighted by molar-refractivity contribution is 5.69. The van der Waals surface area contributed by atoms with Gasteiger partial charge >= 0.3 is 5.97 Å². The van der Waals surface area contributed by atoms with Crippen LogP contribution in [-0.2, 0) is 71.1 Å². The molecule has 0 aliphatic carbocycles. The predicted octanol–water partition coefficient (Wildman–Crippen LogP) is 2.86. The van der Waals surface area contributed by atoms with Crippen LogP contribution in [-0.4, -0.2) is 200 Å². The highest BCUT2D eigenvalue weighted by atomic mass is 16.6. The first-order chi connectivity index (χ1) is 29.6. The molecule has 0 aliphatic rings. The molecule has 0 saturated heterocycles. The largest absolute Gasteiger partial charge is 0.460 e. The fourth-order valence-electron chi connectivity index (χ4n) is 4.48. The van der Waals surface area contributed by atoms with E-state index in [4.69, 9.17) is 66.3 Å². The van der Waals surface area contributed by atoms with Crippen LogP contribution in [0.25, 0.3) is 0 Å². The van der Waals surface area contributed by atoms with E-state index in [0.717, 1.165) is 6.07 Å². The number of ether oxygens (including phenoxy) is 14. The molecule has 1 rings (SSSR count). The molecule has 354 valence electrons. The van der Waals surface area contributed by atoms with Crippen LogP contribution >= 0.6 is 0 Å². The number of esters is 1. The average molecular weight is 884 g/mol. The lowest BCUT2D eigenvalue weighted by molar-refractivity contribution is -0.393. The van der Waals surface area contributed by atoms with Crippen molar-refractivity contribution in [1.29, 1.82) is 0 Å². The van der Waals surface area contributed by atoms with Gasteiger partial charge in [-0.3, -0.25) is 25.0 Å². The van der Waals surface area contributed by atoms with E-state index in [1.807, 2.05) is 20.8 Å². The van der Waals surface area contributed by atoms with Gasteiger partial charge < -0.3 is 71.6 Å².